The minimum atomic E-state index is 0.804. The highest BCUT2D eigenvalue weighted by atomic mass is 14.8. The molecular weight excluding hydrogens is 134 g/mol. The van der Waals surface area contributed by atoms with E-state index in [9.17, 15) is 0 Å². The molecule has 0 saturated heterocycles. The van der Waals surface area contributed by atoms with Gasteiger partial charge in [0.2, 0.25) is 0 Å². The van der Waals surface area contributed by atoms with Gasteiger partial charge < -0.3 is 5.32 Å². The zero-order valence-corrected chi connectivity index (χ0v) is 7.27. The highest BCUT2D eigenvalue weighted by molar-refractivity contribution is 5.06. The van der Waals surface area contributed by atoms with Gasteiger partial charge in [-0.3, -0.25) is 0 Å². The summed E-state index contributed by atoms with van der Waals surface area (Å²) in [5.74, 6) is 2.81. The van der Waals surface area contributed by atoms with Gasteiger partial charge >= 0.3 is 0 Å². The van der Waals surface area contributed by atoms with Crippen LogP contribution in [0.3, 0.4) is 0 Å². The Kier molecular flexibility index (Phi) is 1.67. The van der Waals surface area contributed by atoms with E-state index < -0.39 is 0 Å². The molecule has 0 aromatic carbocycles. The van der Waals surface area contributed by atoms with Crippen molar-refractivity contribution in [1.29, 1.82) is 0 Å². The van der Waals surface area contributed by atoms with Crippen LogP contribution in [0.25, 0.3) is 0 Å². The second kappa shape index (κ2) is 2.54. The molecule has 2 saturated carbocycles. The molecule has 0 spiro atoms. The van der Waals surface area contributed by atoms with Crippen molar-refractivity contribution < 1.29 is 0 Å². The van der Waals surface area contributed by atoms with Gasteiger partial charge in [0.1, 0.15) is 0 Å². The van der Waals surface area contributed by atoms with Gasteiger partial charge in [-0.1, -0.05) is 13.0 Å². The lowest BCUT2D eigenvalue weighted by atomic mass is 9.87. The van der Waals surface area contributed by atoms with Crippen molar-refractivity contribution in [2.75, 3.05) is 7.05 Å². The molecular formula is C10H17N. The number of hydrogen-bond acceptors (Lipinski definition) is 1. The topological polar surface area (TPSA) is 12.0 Å². The van der Waals surface area contributed by atoms with Crippen LogP contribution in [0.2, 0.25) is 0 Å². The van der Waals surface area contributed by atoms with Crippen molar-refractivity contribution in [2.24, 2.45) is 17.8 Å². The van der Waals surface area contributed by atoms with Gasteiger partial charge in [0.25, 0.3) is 0 Å². The summed E-state index contributed by atoms with van der Waals surface area (Å²) in [6.45, 7) is 4.06. The van der Waals surface area contributed by atoms with E-state index in [-0.39, 0.29) is 0 Å². The van der Waals surface area contributed by atoms with Gasteiger partial charge in [0, 0.05) is 18.7 Å². The average Bonchev–Trinajstić information content (AvgIpc) is 2.62. The Morgan fingerprint density at radius 2 is 2.18 bits per heavy atom. The van der Waals surface area contributed by atoms with Crippen LogP contribution >= 0.6 is 0 Å². The van der Waals surface area contributed by atoms with E-state index in [1.54, 1.807) is 0 Å². The maximum absolute atomic E-state index is 4.06. The Hall–Kier alpha value is -0.460. The second-order valence-electron chi connectivity index (χ2n) is 4.06. The fourth-order valence-electron chi connectivity index (χ4n) is 2.86. The first-order valence-corrected chi connectivity index (χ1v) is 4.68. The molecule has 62 valence electrons. The third-order valence-corrected chi connectivity index (χ3v) is 3.51. The van der Waals surface area contributed by atoms with E-state index in [0.717, 1.165) is 17.8 Å². The van der Waals surface area contributed by atoms with Crippen LogP contribution in [-0.4, -0.2) is 7.05 Å². The molecule has 3 atom stereocenters. The molecule has 0 aliphatic heterocycles. The molecule has 0 heterocycles. The molecule has 11 heavy (non-hydrogen) atoms. The number of fused-ring (bicyclic) bond motifs is 2. The zero-order valence-electron chi connectivity index (χ0n) is 7.27. The fourth-order valence-corrected chi connectivity index (χ4v) is 2.86. The summed E-state index contributed by atoms with van der Waals surface area (Å²) in [7, 11) is 1.99. The molecule has 0 radical (unpaired) electrons. The molecule has 0 aromatic rings. The number of allylic oxidation sites excluding steroid dienone is 1. The van der Waals surface area contributed by atoms with Crippen LogP contribution in [0.5, 0.6) is 0 Å². The molecule has 2 rings (SSSR count). The van der Waals surface area contributed by atoms with Crippen LogP contribution < -0.4 is 5.32 Å². The smallest absolute Gasteiger partial charge is 0.00654 e. The quantitative estimate of drug-likeness (QED) is 0.637. The van der Waals surface area contributed by atoms with E-state index >= 15 is 0 Å². The summed E-state index contributed by atoms with van der Waals surface area (Å²) in [4.78, 5) is 0. The molecule has 1 N–H and O–H groups in total. The maximum Gasteiger partial charge on any atom is 0.00654 e. The summed E-state index contributed by atoms with van der Waals surface area (Å²) in [6.07, 6.45) is 5.82. The van der Waals surface area contributed by atoms with Crippen molar-refractivity contribution in [3.63, 3.8) is 0 Å². The van der Waals surface area contributed by atoms with Crippen molar-refractivity contribution >= 4 is 0 Å². The first kappa shape index (κ1) is 7.20. The average molecular weight is 151 g/mol. The maximum atomic E-state index is 4.06. The normalized spacial score (nSPS) is 41.0. The number of hydrogen-bond donors (Lipinski definition) is 1. The SMILES string of the molecule is C=C(NC)C1CC2CCC1C2. The summed E-state index contributed by atoms with van der Waals surface area (Å²) >= 11 is 0. The monoisotopic (exact) mass is 151 g/mol. The summed E-state index contributed by atoms with van der Waals surface area (Å²) in [5.41, 5.74) is 1.28. The largest absolute Gasteiger partial charge is 0.392 e. The predicted molar refractivity (Wildman–Crippen MR) is 47.1 cm³/mol. The van der Waals surface area contributed by atoms with Gasteiger partial charge in [-0.25, -0.2) is 0 Å². The molecule has 3 unspecified atom stereocenters. The Labute approximate surface area is 68.9 Å². The lowest BCUT2D eigenvalue weighted by molar-refractivity contribution is 0.367. The molecule has 1 heteroatoms. The van der Waals surface area contributed by atoms with Gasteiger partial charge in [0.15, 0.2) is 0 Å². The summed E-state index contributed by atoms with van der Waals surface area (Å²) in [5, 5.41) is 3.20. The highest BCUT2D eigenvalue weighted by Crippen LogP contribution is 2.50. The molecule has 0 amide bonds. The number of nitrogens with one attached hydrogen (secondary N) is 1. The van der Waals surface area contributed by atoms with Crippen molar-refractivity contribution in [3.8, 4) is 0 Å². The molecule has 2 aliphatic carbocycles. The van der Waals surface area contributed by atoms with Gasteiger partial charge in [-0.2, -0.15) is 0 Å². The molecule has 2 bridgehead atoms. The molecule has 2 fully saturated rings. The predicted octanol–water partition coefficient (Wildman–Crippen LogP) is 2.16. The fraction of sp³-hybridized carbons (Fsp3) is 0.800. The van der Waals surface area contributed by atoms with Crippen LogP contribution in [-0.2, 0) is 0 Å². The Morgan fingerprint density at radius 3 is 2.64 bits per heavy atom. The third kappa shape index (κ3) is 1.07. The summed E-state index contributed by atoms with van der Waals surface area (Å²) < 4.78 is 0. The molecule has 0 aromatic heterocycles. The minimum absolute atomic E-state index is 0.804. The molecule has 1 nitrogen and oxygen atoms in total. The van der Waals surface area contributed by atoms with E-state index in [1.165, 1.54) is 31.4 Å². The zero-order chi connectivity index (χ0) is 7.84. The van der Waals surface area contributed by atoms with Crippen molar-refractivity contribution in [1.82, 2.24) is 5.32 Å². The highest BCUT2D eigenvalue weighted by Gasteiger charge is 2.40. The Morgan fingerprint density at radius 1 is 1.36 bits per heavy atom. The van der Waals surface area contributed by atoms with E-state index in [2.05, 4.69) is 11.9 Å². The number of rotatable bonds is 2. The first-order valence-electron chi connectivity index (χ1n) is 4.68. The van der Waals surface area contributed by atoms with E-state index in [0.29, 0.717) is 0 Å². The standard InChI is InChI=1S/C10H17N/c1-7(11-2)10-6-8-3-4-9(10)5-8/h8-11H,1,3-6H2,2H3. The Balaban J connectivity index is 2.02. The van der Waals surface area contributed by atoms with Gasteiger partial charge in [-0.15, -0.1) is 0 Å². The van der Waals surface area contributed by atoms with Gasteiger partial charge in [0.05, 0.1) is 0 Å². The van der Waals surface area contributed by atoms with Crippen molar-refractivity contribution in [2.45, 2.75) is 25.7 Å². The minimum Gasteiger partial charge on any atom is -0.392 e. The van der Waals surface area contributed by atoms with Gasteiger partial charge in [-0.05, 0) is 31.1 Å². The lowest BCUT2D eigenvalue weighted by Gasteiger charge is -2.23. The van der Waals surface area contributed by atoms with Crippen LogP contribution in [0.15, 0.2) is 12.3 Å². The first-order chi connectivity index (χ1) is 5.31. The van der Waals surface area contributed by atoms with E-state index in [4.69, 9.17) is 0 Å². The second-order valence-corrected chi connectivity index (χ2v) is 4.06. The van der Waals surface area contributed by atoms with Crippen LogP contribution in [0, 0.1) is 17.8 Å². The Bertz CT molecular complexity index is 174. The van der Waals surface area contributed by atoms with Crippen molar-refractivity contribution in [3.05, 3.63) is 12.3 Å². The summed E-state index contributed by atoms with van der Waals surface area (Å²) in [6, 6.07) is 0. The van der Waals surface area contributed by atoms with Crippen LogP contribution in [0.1, 0.15) is 25.7 Å². The molecule has 2 aliphatic rings. The third-order valence-electron chi connectivity index (χ3n) is 3.51. The lowest BCUT2D eigenvalue weighted by Crippen LogP contribution is -2.20. The van der Waals surface area contributed by atoms with Crippen LogP contribution in [0.4, 0.5) is 0 Å². The van der Waals surface area contributed by atoms with E-state index in [1.807, 2.05) is 7.05 Å².